The van der Waals surface area contributed by atoms with Crippen LogP contribution in [0.3, 0.4) is 0 Å². The molecule has 0 amide bonds. The Morgan fingerprint density at radius 3 is 1.25 bits per heavy atom. The van der Waals surface area contributed by atoms with Gasteiger partial charge < -0.3 is 0 Å². The Kier molecular flexibility index (Phi) is 5.69. The summed E-state index contributed by atoms with van der Waals surface area (Å²) in [6, 6.07) is 0. The Morgan fingerprint density at radius 2 is 1.06 bits per heavy atom. The zero-order valence-electron chi connectivity index (χ0n) is 10.5. The summed E-state index contributed by atoms with van der Waals surface area (Å²) in [7, 11) is 0. The van der Waals surface area contributed by atoms with Crippen molar-refractivity contribution in [3.8, 4) is 0 Å². The normalized spacial score (nSPS) is 13.1. The van der Waals surface area contributed by atoms with E-state index in [1.807, 2.05) is 27.7 Å². The summed E-state index contributed by atoms with van der Waals surface area (Å²) in [5, 5.41) is 8.23. The van der Waals surface area contributed by atoms with Gasteiger partial charge in [0, 0.05) is 13.8 Å². The topological polar surface area (TPSA) is 58.9 Å². The lowest BCUT2D eigenvalue weighted by atomic mass is 10.4. The largest absolute Gasteiger partial charge is 0.287 e. The molecule has 0 saturated heterocycles. The Hall–Kier alpha value is -0.360. The van der Waals surface area contributed by atoms with Crippen molar-refractivity contribution < 1.29 is 9.59 Å². The van der Waals surface area contributed by atoms with Crippen LogP contribution in [-0.2, 0) is 9.59 Å². The van der Waals surface area contributed by atoms with Gasteiger partial charge in [-0.1, -0.05) is 23.5 Å². The Balaban J connectivity index is 4.56. The average Bonchev–Trinajstić information content (AvgIpc) is 1.96. The van der Waals surface area contributed by atoms with E-state index in [1.165, 1.54) is 13.8 Å². The standard InChI is InChI=1S/C10H18N2O2S2/c1-7(13)15-9(3,4)11-12-10(5,6)16-8(2)14/h1-6H3. The SMILES string of the molecule is CC(=O)SC(C)(C)N=NC(C)(C)SC(C)=O. The summed E-state index contributed by atoms with van der Waals surface area (Å²) < 4.78 is 0. The van der Waals surface area contributed by atoms with Crippen LogP contribution >= 0.6 is 23.5 Å². The highest BCUT2D eigenvalue weighted by molar-refractivity contribution is 8.15. The third-order valence-corrected chi connectivity index (χ3v) is 3.06. The molecule has 0 heterocycles. The van der Waals surface area contributed by atoms with Crippen molar-refractivity contribution >= 4 is 33.8 Å². The molecular weight excluding hydrogens is 244 g/mol. The molecule has 92 valence electrons. The van der Waals surface area contributed by atoms with Crippen molar-refractivity contribution in [3.63, 3.8) is 0 Å². The highest BCUT2D eigenvalue weighted by atomic mass is 32.2. The molecule has 0 aliphatic rings. The maximum absolute atomic E-state index is 11.0. The van der Waals surface area contributed by atoms with E-state index >= 15 is 0 Å². The van der Waals surface area contributed by atoms with Gasteiger partial charge in [0.2, 0.25) is 0 Å². The summed E-state index contributed by atoms with van der Waals surface area (Å²) in [6.45, 7) is 10.3. The molecule has 0 fully saturated rings. The minimum atomic E-state index is -0.583. The quantitative estimate of drug-likeness (QED) is 0.728. The molecule has 0 aliphatic carbocycles. The average molecular weight is 262 g/mol. The van der Waals surface area contributed by atoms with Crippen LogP contribution in [0.5, 0.6) is 0 Å². The molecule has 4 nitrogen and oxygen atoms in total. The van der Waals surface area contributed by atoms with Crippen LogP contribution in [0.15, 0.2) is 10.2 Å². The van der Waals surface area contributed by atoms with Crippen LogP contribution in [0.25, 0.3) is 0 Å². The van der Waals surface area contributed by atoms with Gasteiger partial charge in [0.1, 0.15) is 9.74 Å². The van der Waals surface area contributed by atoms with Crippen molar-refractivity contribution in [3.05, 3.63) is 0 Å². The predicted molar refractivity (Wildman–Crippen MR) is 69.6 cm³/mol. The summed E-state index contributed by atoms with van der Waals surface area (Å²) >= 11 is 2.25. The van der Waals surface area contributed by atoms with Crippen molar-refractivity contribution in [1.29, 1.82) is 0 Å². The fourth-order valence-corrected chi connectivity index (χ4v) is 2.56. The minimum absolute atomic E-state index is 0.000905. The zero-order valence-corrected chi connectivity index (χ0v) is 12.2. The number of hydrogen-bond donors (Lipinski definition) is 0. The second-order valence-electron chi connectivity index (χ2n) is 4.28. The third kappa shape index (κ3) is 7.87. The van der Waals surface area contributed by atoms with E-state index in [0.717, 1.165) is 23.5 Å². The minimum Gasteiger partial charge on any atom is -0.287 e. The first-order valence-electron chi connectivity index (χ1n) is 4.87. The summed E-state index contributed by atoms with van der Waals surface area (Å²) in [5.74, 6) is 0. The Morgan fingerprint density at radius 1 is 0.812 bits per heavy atom. The molecule has 0 saturated carbocycles. The Labute approximate surface area is 105 Å². The molecule has 0 rings (SSSR count). The van der Waals surface area contributed by atoms with Crippen LogP contribution in [0, 0.1) is 0 Å². The van der Waals surface area contributed by atoms with Crippen LogP contribution in [0.4, 0.5) is 0 Å². The molecule has 0 N–H and O–H groups in total. The van der Waals surface area contributed by atoms with E-state index < -0.39 is 9.74 Å². The van der Waals surface area contributed by atoms with Gasteiger partial charge in [-0.25, -0.2) is 0 Å². The van der Waals surface area contributed by atoms with Crippen LogP contribution in [0.2, 0.25) is 0 Å². The fourth-order valence-electron chi connectivity index (χ4n) is 0.985. The van der Waals surface area contributed by atoms with Gasteiger partial charge in [-0.2, -0.15) is 10.2 Å². The Bertz CT molecular complexity index is 282. The number of rotatable bonds is 4. The van der Waals surface area contributed by atoms with Gasteiger partial charge >= 0.3 is 0 Å². The molecule has 0 aliphatic heterocycles. The van der Waals surface area contributed by atoms with Gasteiger partial charge in [0.05, 0.1) is 0 Å². The van der Waals surface area contributed by atoms with Crippen molar-refractivity contribution in [2.45, 2.75) is 51.3 Å². The lowest BCUT2D eigenvalue weighted by molar-refractivity contribution is -0.110. The first-order chi connectivity index (χ1) is 7.04. The van der Waals surface area contributed by atoms with E-state index in [2.05, 4.69) is 10.2 Å². The highest BCUT2D eigenvalue weighted by Gasteiger charge is 2.24. The van der Waals surface area contributed by atoms with Crippen LogP contribution in [-0.4, -0.2) is 20.0 Å². The molecule has 16 heavy (non-hydrogen) atoms. The van der Waals surface area contributed by atoms with Gasteiger partial charge in [0.15, 0.2) is 10.2 Å². The van der Waals surface area contributed by atoms with E-state index in [4.69, 9.17) is 0 Å². The smallest absolute Gasteiger partial charge is 0.188 e. The van der Waals surface area contributed by atoms with Crippen molar-refractivity contribution in [2.24, 2.45) is 10.2 Å². The number of carbonyl (C=O) groups excluding carboxylic acids is 2. The maximum atomic E-state index is 11.0. The van der Waals surface area contributed by atoms with Gasteiger partial charge in [0.25, 0.3) is 0 Å². The second-order valence-corrected chi connectivity index (χ2v) is 7.84. The van der Waals surface area contributed by atoms with Gasteiger partial charge in [-0.3, -0.25) is 9.59 Å². The molecule has 0 radical (unpaired) electrons. The predicted octanol–water partition coefficient (Wildman–Crippen LogP) is 3.47. The molecule has 6 heteroatoms. The second kappa shape index (κ2) is 5.82. The molecule has 0 atom stereocenters. The van der Waals surface area contributed by atoms with Crippen molar-refractivity contribution in [2.75, 3.05) is 0 Å². The molecule has 0 bridgehead atoms. The number of hydrogen-bond acceptors (Lipinski definition) is 6. The number of thioether (sulfide) groups is 2. The first kappa shape index (κ1) is 15.6. The molecule has 0 aromatic carbocycles. The van der Waals surface area contributed by atoms with E-state index in [9.17, 15) is 9.59 Å². The number of azo groups is 1. The van der Waals surface area contributed by atoms with Crippen LogP contribution < -0.4 is 0 Å². The molecule has 0 aromatic rings. The number of carbonyl (C=O) groups is 2. The molecule has 0 aromatic heterocycles. The zero-order chi connectivity index (χ0) is 13.0. The monoisotopic (exact) mass is 262 g/mol. The van der Waals surface area contributed by atoms with E-state index in [1.54, 1.807) is 0 Å². The van der Waals surface area contributed by atoms with Gasteiger partial charge in [-0.05, 0) is 27.7 Å². The third-order valence-electron chi connectivity index (χ3n) is 1.32. The van der Waals surface area contributed by atoms with Crippen molar-refractivity contribution in [1.82, 2.24) is 0 Å². The molecule has 0 spiro atoms. The summed E-state index contributed by atoms with van der Waals surface area (Å²) in [5.41, 5.74) is 0. The van der Waals surface area contributed by atoms with Crippen LogP contribution in [0.1, 0.15) is 41.5 Å². The molecular formula is C10H18N2O2S2. The summed E-state index contributed by atoms with van der Waals surface area (Å²) in [4.78, 5) is 20.8. The van der Waals surface area contributed by atoms with E-state index in [-0.39, 0.29) is 10.2 Å². The lowest BCUT2D eigenvalue weighted by Crippen LogP contribution is -2.17. The summed E-state index contributed by atoms with van der Waals surface area (Å²) in [6.07, 6.45) is 0. The first-order valence-corrected chi connectivity index (χ1v) is 6.50. The fraction of sp³-hybridized carbons (Fsp3) is 0.800. The van der Waals surface area contributed by atoms with Gasteiger partial charge in [-0.15, -0.1) is 0 Å². The highest BCUT2D eigenvalue weighted by Crippen LogP contribution is 2.32. The molecule has 0 unspecified atom stereocenters. The lowest BCUT2D eigenvalue weighted by Gasteiger charge is -2.20. The number of nitrogens with zero attached hydrogens (tertiary/aromatic N) is 2. The van der Waals surface area contributed by atoms with E-state index in [0.29, 0.717) is 0 Å². The maximum Gasteiger partial charge on any atom is 0.188 e.